The topological polar surface area (TPSA) is 26.0 Å². The lowest BCUT2D eigenvalue weighted by Gasteiger charge is -2.19. The molecule has 0 N–H and O–H groups in total. The molecular formula is C15H21NO. The number of hydrogen-bond donors (Lipinski definition) is 0. The first kappa shape index (κ1) is 13.5. The second-order valence-corrected chi connectivity index (χ2v) is 4.70. The fraction of sp³-hybridized carbons (Fsp3) is 0.400. The van der Waals surface area contributed by atoms with E-state index in [1.165, 1.54) is 12.0 Å². The third-order valence-electron chi connectivity index (χ3n) is 2.45. The van der Waals surface area contributed by atoms with Crippen LogP contribution in [0.5, 0.6) is 0 Å². The number of aromatic nitrogens is 1. The number of oxazole rings is 1. The van der Waals surface area contributed by atoms with Crippen LogP contribution >= 0.6 is 0 Å². The molecule has 0 spiro atoms. The summed E-state index contributed by atoms with van der Waals surface area (Å²) in [4.78, 5) is 3.92. The van der Waals surface area contributed by atoms with Crippen molar-refractivity contribution in [1.29, 1.82) is 0 Å². The molecule has 2 nitrogen and oxygen atoms in total. The molecule has 2 aromatic rings. The van der Waals surface area contributed by atoms with Crippen LogP contribution in [0.4, 0.5) is 0 Å². The molecule has 0 aliphatic rings. The fourth-order valence-corrected chi connectivity index (χ4v) is 1.50. The normalized spacial score (nSPS) is 10.6. The molecule has 0 aliphatic heterocycles. The highest BCUT2D eigenvalue weighted by molar-refractivity contribution is 5.57. The van der Waals surface area contributed by atoms with E-state index >= 15 is 0 Å². The summed E-state index contributed by atoms with van der Waals surface area (Å²) < 4.78 is 5.28. The summed E-state index contributed by atoms with van der Waals surface area (Å²) in [5.41, 5.74) is 2.55. The molecule has 0 atom stereocenters. The van der Waals surface area contributed by atoms with E-state index in [0.717, 1.165) is 11.3 Å². The van der Waals surface area contributed by atoms with Gasteiger partial charge >= 0.3 is 0 Å². The van der Waals surface area contributed by atoms with E-state index in [0.29, 0.717) is 0 Å². The molecule has 0 aliphatic carbocycles. The predicted molar refractivity (Wildman–Crippen MR) is 72.0 cm³/mol. The standard InChI is InChI=1S/C13H15NO.C2H6/c1-13(2,3)11-6-4-5-10(7-11)12-8-14-9-15-12;1-2/h4-9H,1-3H3;1-2H3. The van der Waals surface area contributed by atoms with Crippen molar-refractivity contribution < 1.29 is 4.42 Å². The summed E-state index contributed by atoms with van der Waals surface area (Å²) in [5.74, 6) is 0.820. The average molecular weight is 231 g/mol. The van der Waals surface area contributed by atoms with E-state index in [4.69, 9.17) is 4.42 Å². The van der Waals surface area contributed by atoms with Crippen LogP contribution in [0.1, 0.15) is 40.2 Å². The van der Waals surface area contributed by atoms with Crippen molar-refractivity contribution in [1.82, 2.24) is 4.98 Å². The second-order valence-electron chi connectivity index (χ2n) is 4.70. The van der Waals surface area contributed by atoms with Crippen molar-refractivity contribution in [2.45, 2.75) is 40.0 Å². The Hall–Kier alpha value is -1.57. The van der Waals surface area contributed by atoms with E-state index in [-0.39, 0.29) is 5.41 Å². The minimum Gasteiger partial charge on any atom is -0.444 e. The second kappa shape index (κ2) is 5.67. The Kier molecular flexibility index (Phi) is 4.50. The van der Waals surface area contributed by atoms with E-state index < -0.39 is 0 Å². The maximum absolute atomic E-state index is 5.28. The Balaban J connectivity index is 0.000000686. The van der Waals surface area contributed by atoms with Crippen LogP contribution in [-0.4, -0.2) is 4.98 Å². The van der Waals surface area contributed by atoms with Crippen LogP contribution in [0.25, 0.3) is 11.3 Å². The molecule has 1 aromatic carbocycles. The van der Waals surface area contributed by atoms with E-state index in [9.17, 15) is 0 Å². The zero-order valence-corrected chi connectivity index (χ0v) is 11.3. The zero-order valence-electron chi connectivity index (χ0n) is 11.3. The maximum atomic E-state index is 5.28. The minimum absolute atomic E-state index is 0.163. The van der Waals surface area contributed by atoms with Gasteiger partial charge in [0, 0.05) is 5.56 Å². The Morgan fingerprint density at radius 3 is 2.35 bits per heavy atom. The lowest BCUT2D eigenvalue weighted by Crippen LogP contribution is -2.10. The number of nitrogens with zero attached hydrogens (tertiary/aromatic N) is 1. The molecule has 17 heavy (non-hydrogen) atoms. The van der Waals surface area contributed by atoms with Crippen LogP contribution in [0.3, 0.4) is 0 Å². The molecular weight excluding hydrogens is 210 g/mol. The lowest BCUT2D eigenvalue weighted by atomic mass is 9.86. The van der Waals surface area contributed by atoms with Crippen molar-refractivity contribution in [3.63, 3.8) is 0 Å². The van der Waals surface area contributed by atoms with Gasteiger partial charge in [0.15, 0.2) is 12.2 Å². The Morgan fingerprint density at radius 2 is 1.82 bits per heavy atom. The van der Waals surface area contributed by atoms with Gasteiger partial charge in [-0.1, -0.05) is 52.8 Å². The van der Waals surface area contributed by atoms with Gasteiger partial charge in [-0.25, -0.2) is 4.98 Å². The molecule has 2 rings (SSSR count). The molecule has 0 saturated carbocycles. The van der Waals surface area contributed by atoms with Gasteiger partial charge in [0.1, 0.15) is 0 Å². The smallest absolute Gasteiger partial charge is 0.181 e. The van der Waals surface area contributed by atoms with E-state index in [1.54, 1.807) is 6.20 Å². The number of benzene rings is 1. The summed E-state index contributed by atoms with van der Waals surface area (Å²) in [7, 11) is 0. The predicted octanol–water partition coefficient (Wildman–Crippen LogP) is 4.67. The highest BCUT2D eigenvalue weighted by Gasteiger charge is 2.14. The van der Waals surface area contributed by atoms with Crippen molar-refractivity contribution in [3.8, 4) is 11.3 Å². The average Bonchev–Trinajstić information content (AvgIpc) is 2.84. The molecule has 92 valence electrons. The van der Waals surface area contributed by atoms with Gasteiger partial charge < -0.3 is 4.42 Å². The van der Waals surface area contributed by atoms with Gasteiger partial charge in [0.05, 0.1) is 6.20 Å². The van der Waals surface area contributed by atoms with Crippen LogP contribution in [0.15, 0.2) is 41.3 Å². The largest absolute Gasteiger partial charge is 0.444 e. The van der Waals surface area contributed by atoms with E-state index in [1.807, 2.05) is 19.9 Å². The number of rotatable bonds is 1. The lowest BCUT2D eigenvalue weighted by molar-refractivity contribution is 0.570. The summed E-state index contributed by atoms with van der Waals surface area (Å²) >= 11 is 0. The van der Waals surface area contributed by atoms with Crippen molar-refractivity contribution in [3.05, 3.63) is 42.4 Å². The summed E-state index contributed by atoms with van der Waals surface area (Å²) in [6.45, 7) is 10.6. The first-order chi connectivity index (χ1) is 8.07. The van der Waals surface area contributed by atoms with Crippen molar-refractivity contribution in [2.24, 2.45) is 0 Å². The van der Waals surface area contributed by atoms with Crippen LogP contribution < -0.4 is 0 Å². The van der Waals surface area contributed by atoms with Crippen LogP contribution in [-0.2, 0) is 5.41 Å². The van der Waals surface area contributed by atoms with Gasteiger partial charge in [-0.15, -0.1) is 0 Å². The quantitative estimate of drug-likeness (QED) is 0.713. The Morgan fingerprint density at radius 1 is 1.12 bits per heavy atom. The van der Waals surface area contributed by atoms with Gasteiger partial charge in [-0.05, 0) is 17.0 Å². The SMILES string of the molecule is CC.CC(C)(C)c1cccc(-c2cnco2)c1. The first-order valence-corrected chi connectivity index (χ1v) is 6.07. The monoisotopic (exact) mass is 231 g/mol. The summed E-state index contributed by atoms with van der Waals surface area (Å²) in [6.07, 6.45) is 3.20. The highest BCUT2D eigenvalue weighted by Crippen LogP contribution is 2.27. The van der Waals surface area contributed by atoms with Gasteiger partial charge in [0.2, 0.25) is 0 Å². The molecule has 0 amide bonds. The van der Waals surface area contributed by atoms with Crippen molar-refractivity contribution in [2.75, 3.05) is 0 Å². The number of hydrogen-bond acceptors (Lipinski definition) is 2. The molecule has 2 heteroatoms. The first-order valence-electron chi connectivity index (χ1n) is 6.07. The highest BCUT2D eigenvalue weighted by atomic mass is 16.3. The molecule has 0 unspecified atom stereocenters. The van der Waals surface area contributed by atoms with Crippen LogP contribution in [0.2, 0.25) is 0 Å². The molecule has 1 heterocycles. The minimum atomic E-state index is 0.163. The summed E-state index contributed by atoms with van der Waals surface area (Å²) in [6, 6.07) is 8.38. The maximum Gasteiger partial charge on any atom is 0.181 e. The molecule has 0 saturated heterocycles. The van der Waals surface area contributed by atoms with E-state index in [2.05, 4.69) is 44.0 Å². The zero-order chi connectivity index (χ0) is 12.9. The summed E-state index contributed by atoms with van der Waals surface area (Å²) in [5, 5.41) is 0. The van der Waals surface area contributed by atoms with Gasteiger partial charge in [-0.2, -0.15) is 0 Å². The third kappa shape index (κ3) is 3.45. The molecule has 0 radical (unpaired) electrons. The molecule has 0 bridgehead atoms. The Bertz CT molecular complexity index is 438. The van der Waals surface area contributed by atoms with Gasteiger partial charge in [0.25, 0.3) is 0 Å². The van der Waals surface area contributed by atoms with Gasteiger partial charge in [-0.3, -0.25) is 0 Å². The van der Waals surface area contributed by atoms with Crippen molar-refractivity contribution >= 4 is 0 Å². The third-order valence-corrected chi connectivity index (χ3v) is 2.45. The molecule has 0 fully saturated rings. The molecule has 1 aromatic heterocycles. The fourth-order valence-electron chi connectivity index (χ4n) is 1.50. The van der Waals surface area contributed by atoms with Crippen LogP contribution in [0, 0.1) is 0 Å². The Labute approximate surface area is 104 Å².